The molecule has 0 amide bonds. The van der Waals surface area contributed by atoms with Crippen LogP contribution in [0.5, 0.6) is 0 Å². The largest absolute Gasteiger partial charge is 0.309 e. The van der Waals surface area contributed by atoms with Crippen molar-refractivity contribution in [2.45, 2.75) is 20.0 Å². The quantitative estimate of drug-likeness (QED) is 0.678. The maximum atomic E-state index is 10.6. The lowest BCUT2D eigenvalue weighted by Crippen LogP contribution is -2.14. The number of hydrogen-bond acceptors (Lipinski definition) is 4. The van der Waals surface area contributed by atoms with E-state index in [0.29, 0.717) is 18.1 Å². The maximum Gasteiger partial charge on any atom is 0.270 e. The Labute approximate surface area is 121 Å². The predicted molar refractivity (Wildman–Crippen MR) is 77.6 cm³/mol. The summed E-state index contributed by atoms with van der Waals surface area (Å²) in [5, 5.41) is 14.3. The Morgan fingerprint density at radius 2 is 2.05 bits per heavy atom. The molecule has 0 saturated heterocycles. The molecule has 1 aromatic heterocycles. The van der Waals surface area contributed by atoms with Crippen molar-refractivity contribution >= 4 is 17.3 Å². The fourth-order valence-corrected chi connectivity index (χ4v) is 2.07. The molecule has 5 nitrogen and oxygen atoms in total. The molecular weight excluding hydrogens is 278 g/mol. The molecule has 1 N–H and O–H groups in total. The number of nitrogens with one attached hydrogen (secondary N) is 1. The number of hydrogen-bond donors (Lipinski definition) is 1. The van der Waals surface area contributed by atoms with Gasteiger partial charge in [-0.15, -0.1) is 0 Å². The van der Waals surface area contributed by atoms with Crippen molar-refractivity contribution in [1.82, 2.24) is 10.3 Å². The van der Waals surface area contributed by atoms with Gasteiger partial charge in [0, 0.05) is 37.6 Å². The van der Waals surface area contributed by atoms with Gasteiger partial charge >= 0.3 is 0 Å². The lowest BCUT2D eigenvalue weighted by molar-refractivity contribution is -0.384. The van der Waals surface area contributed by atoms with Crippen LogP contribution in [0, 0.1) is 17.0 Å². The summed E-state index contributed by atoms with van der Waals surface area (Å²) in [7, 11) is 0. The van der Waals surface area contributed by atoms with Gasteiger partial charge in [-0.1, -0.05) is 11.6 Å². The molecule has 6 heteroatoms. The molecule has 0 aliphatic heterocycles. The molecule has 0 unspecified atom stereocenters. The molecule has 1 aromatic carbocycles. The van der Waals surface area contributed by atoms with Gasteiger partial charge < -0.3 is 5.32 Å². The van der Waals surface area contributed by atoms with Crippen LogP contribution in [0.2, 0.25) is 5.02 Å². The topological polar surface area (TPSA) is 68.1 Å². The van der Waals surface area contributed by atoms with E-state index >= 15 is 0 Å². The van der Waals surface area contributed by atoms with Crippen LogP contribution < -0.4 is 5.32 Å². The second-order valence-electron chi connectivity index (χ2n) is 4.44. The fraction of sp³-hybridized carbons (Fsp3) is 0.214. The van der Waals surface area contributed by atoms with Crippen molar-refractivity contribution < 1.29 is 4.92 Å². The average molecular weight is 292 g/mol. The smallest absolute Gasteiger partial charge is 0.270 e. The lowest BCUT2D eigenvalue weighted by atomic mass is 10.1. The molecule has 1 heterocycles. The van der Waals surface area contributed by atoms with Crippen molar-refractivity contribution in [1.29, 1.82) is 0 Å². The second-order valence-corrected chi connectivity index (χ2v) is 4.85. The Morgan fingerprint density at radius 3 is 2.70 bits per heavy atom. The van der Waals surface area contributed by atoms with E-state index in [-0.39, 0.29) is 5.69 Å². The number of halogens is 1. The number of non-ortho nitro benzene ring substituents is 1. The third kappa shape index (κ3) is 3.53. The fourth-order valence-electron chi connectivity index (χ4n) is 1.83. The van der Waals surface area contributed by atoms with E-state index in [9.17, 15) is 10.1 Å². The molecule has 104 valence electrons. The highest BCUT2D eigenvalue weighted by Crippen LogP contribution is 2.22. The number of pyridine rings is 1. The molecule has 0 fully saturated rings. The first-order chi connectivity index (χ1) is 9.58. The van der Waals surface area contributed by atoms with Gasteiger partial charge in [-0.2, -0.15) is 0 Å². The van der Waals surface area contributed by atoms with Crippen molar-refractivity contribution in [3.63, 3.8) is 0 Å². The van der Waals surface area contributed by atoms with Crippen molar-refractivity contribution in [3.8, 4) is 0 Å². The number of aryl methyl sites for hydroxylation is 1. The van der Waals surface area contributed by atoms with Crippen LogP contribution >= 0.6 is 11.6 Å². The Kier molecular flexibility index (Phi) is 4.65. The van der Waals surface area contributed by atoms with Gasteiger partial charge in [0.05, 0.1) is 9.95 Å². The van der Waals surface area contributed by atoms with E-state index in [1.54, 1.807) is 12.3 Å². The summed E-state index contributed by atoms with van der Waals surface area (Å²) in [5.41, 5.74) is 3.13. The Morgan fingerprint density at radius 1 is 1.30 bits per heavy atom. The maximum absolute atomic E-state index is 10.6. The minimum Gasteiger partial charge on any atom is -0.309 e. The lowest BCUT2D eigenvalue weighted by Gasteiger charge is -2.08. The highest BCUT2D eigenvalue weighted by molar-refractivity contribution is 6.31. The molecule has 20 heavy (non-hydrogen) atoms. The Balaban J connectivity index is 1.98. The van der Waals surface area contributed by atoms with Crippen molar-refractivity contribution in [2.75, 3.05) is 0 Å². The predicted octanol–water partition coefficient (Wildman–Crippen LogP) is 3.24. The number of nitro benzene ring substituents is 1. The normalized spacial score (nSPS) is 10.5. The van der Waals surface area contributed by atoms with Gasteiger partial charge in [-0.05, 0) is 35.7 Å². The first-order valence-electron chi connectivity index (χ1n) is 6.11. The number of nitro groups is 1. The zero-order valence-electron chi connectivity index (χ0n) is 11.0. The summed E-state index contributed by atoms with van der Waals surface area (Å²) in [6.45, 7) is 3.25. The molecule has 0 spiro atoms. The summed E-state index contributed by atoms with van der Waals surface area (Å²) >= 11 is 6.03. The molecule has 2 rings (SSSR count). The molecule has 0 aliphatic carbocycles. The summed E-state index contributed by atoms with van der Waals surface area (Å²) in [6.07, 6.45) is 3.57. The zero-order chi connectivity index (χ0) is 14.5. The van der Waals surface area contributed by atoms with Crippen molar-refractivity contribution in [2.24, 2.45) is 0 Å². The van der Waals surface area contributed by atoms with Crippen LogP contribution in [-0.4, -0.2) is 9.91 Å². The van der Waals surface area contributed by atoms with Crippen LogP contribution in [-0.2, 0) is 13.1 Å². The Hall–Kier alpha value is -1.98. The van der Waals surface area contributed by atoms with Gasteiger partial charge in [-0.3, -0.25) is 15.1 Å². The monoisotopic (exact) mass is 291 g/mol. The van der Waals surface area contributed by atoms with Crippen LogP contribution in [0.3, 0.4) is 0 Å². The summed E-state index contributed by atoms with van der Waals surface area (Å²) in [6, 6.07) is 6.46. The van der Waals surface area contributed by atoms with E-state index in [2.05, 4.69) is 10.3 Å². The van der Waals surface area contributed by atoms with Crippen LogP contribution in [0.25, 0.3) is 0 Å². The Bertz CT molecular complexity index is 632. The minimum atomic E-state index is -0.455. The molecular formula is C14H14ClN3O2. The van der Waals surface area contributed by atoms with E-state index in [1.807, 2.05) is 19.2 Å². The van der Waals surface area contributed by atoms with Crippen LogP contribution in [0.4, 0.5) is 5.69 Å². The SMILES string of the molecule is Cc1cnccc1CNCc1ccc([N+](=O)[O-])cc1Cl. The zero-order valence-corrected chi connectivity index (χ0v) is 11.7. The highest BCUT2D eigenvalue weighted by Gasteiger charge is 2.09. The van der Waals surface area contributed by atoms with Gasteiger partial charge in [0.25, 0.3) is 5.69 Å². The third-order valence-corrected chi connectivity index (χ3v) is 3.37. The summed E-state index contributed by atoms with van der Waals surface area (Å²) < 4.78 is 0. The minimum absolute atomic E-state index is 0.00345. The van der Waals surface area contributed by atoms with Gasteiger partial charge in [-0.25, -0.2) is 0 Å². The molecule has 0 radical (unpaired) electrons. The van der Waals surface area contributed by atoms with E-state index in [1.165, 1.54) is 12.1 Å². The molecule has 0 aliphatic rings. The first-order valence-corrected chi connectivity index (χ1v) is 6.49. The van der Waals surface area contributed by atoms with Gasteiger partial charge in [0.2, 0.25) is 0 Å². The van der Waals surface area contributed by atoms with Gasteiger partial charge in [0.15, 0.2) is 0 Å². The number of rotatable bonds is 5. The summed E-state index contributed by atoms with van der Waals surface area (Å²) in [4.78, 5) is 14.2. The van der Waals surface area contributed by atoms with E-state index < -0.39 is 4.92 Å². The summed E-state index contributed by atoms with van der Waals surface area (Å²) in [5.74, 6) is 0. The van der Waals surface area contributed by atoms with E-state index in [0.717, 1.165) is 16.7 Å². The second kappa shape index (κ2) is 6.45. The number of benzene rings is 1. The standard InChI is InChI=1S/C14H14ClN3O2/c1-10-7-16-5-4-11(10)8-17-9-12-2-3-13(18(19)20)6-14(12)15/h2-7,17H,8-9H2,1H3. The molecule has 2 aromatic rings. The molecule has 0 bridgehead atoms. The average Bonchev–Trinajstić information content (AvgIpc) is 2.42. The van der Waals surface area contributed by atoms with Crippen LogP contribution in [0.1, 0.15) is 16.7 Å². The number of aromatic nitrogens is 1. The highest BCUT2D eigenvalue weighted by atomic mass is 35.5. The molecule has 0 saturated carbocycles. The van der Waals surface area contributed by atoms with Crippen LogP contribution in [0.15, 0.2) is 36.7 Å². The van der Waals surface area contributed by atoms with Gasteiger partial charge in [0.1, 0.15) is 0 Å². The molecule has 0 atom stereocenters. The third-order valence-electron chi connectivity index (χ3n) is 3.01. The van der Waals surface area contributed by atoms with Crippen molar-refractivity contribution in [3.05, 3.63) is 68.5 Å². The first kappa shape index (κ1) is 14.4. The van der Waals surface area contributed by atoms with E-state index in [4.69, 9.17) is 11.6 Å². The number of nitrogens with zero attached hydrogens (tertiary/aromatic N) is 2.